The smallest absolute Gasteiger partial charge is 0.0951 e. The number of hydrogen-bond acceptors (Lipinski definition) is 2. The normalized spacial score (nSPS) is 31.8. The van der Waals surface area contributed by atoms with Crippen LogP contribution in [0, 0.1) is 0 Å². The predicted molar refractivity (Wildman–Crippen MR) is 59.7 cm³/mol. The second kappa shape index (κ2) is 3.63. The third-order valence-electron chi connectivity index (χ3n) is 3.83. The van der Waals surface area contributed by atoms with Crippen LogP contribution in [0.2, 0.25) is 0 Å². The van der Waals surface area contributed by atoms with Gasteiger partial charge in [0.05, 0.1) is 6.33 Å². The molecule has 0 spiro atoms. The van der Waals surface area contributed by atoms with Crippen LogP contribution in [0.3, 0.4) is 0 Å². The summed E-state index contributed by atoms with van der Waals surface area (Å²) in [6, 6.07) is 0.849. The molecule has 0 radical (unpaired) electrons. The molecule has 0 saturated heterocycles. The Morgan fingerprint density at radius 1 is 1.20 bits per heavy atom. The monoisotopic (exact) mass is 205 g/mol. The van der Waals surface area contributed by atoms with Gasteiger partial charge in [-0.25, -0.2) is 4.98 Å². The number of nitrogens with two attached hydrogens (primary N) is 1. The van der Waals surface area contributed by atoms with E-state index in [0.29, 0.717) is 12.1 Å². The van der Waals surface area contributed by atoms with E-state index in [4.69, 9.17) is 5.73 Å². The molecule has 0 bridgehead atoms. The fourth-order valence-electron chi connectivity index (χ4n) is 2.77. The SMILES string of the molecule is NC1CCCCC1n1cncc1C1CC1. The average Bonchev–Trinajstić information content (AvgIpc) is 2.98. The molecule has 2 aliphatic carbocycles. The third kappa shape index (κ3) is 1.69. The summed E-state index contributed by atoms with van der Waals surface area (Å²) < 4.78 is 2.36. The molecule has 3 rings (SSSR count). The number of aromatic nitrogens is 2. The molecular formula is C12H19N3. The molecule has 0 aliphatic heterocycles. The lowest BCUT2D eigenvalue weighted by Crippen LogP contribution is -2.35. The van der Waals surface area contributed by atoms with Crippen molar-refractivity contribution in [2.24, 2.45) is 5.73 Å². The van der Waals surface area contributed by atoms with E-state index in [2.05, 4.69) is 9.55 Å². The van der Waals surface area contributed by atoms with Gasteiger partial charge >= 0.3 is 0 Å². The summed E-state index contributed by atoms with van der Waals surface area (Å²) in [6.07, 6.45) is 11.7. The third-order valence-corrected chi connectivity index (χ3v) is 3.83. The molecule has 2 fully saturated rings. The van der Waals surface area contributed by atoms with Crippen molar-refractivity contribution >= 4 is 0 Å². The summed E-state index contributed by atoms with van der Waals surface area (Å²) in [5, 5.41) is 0. The summed E-state index contributed by atoms with van der Waals surface area (Å²) in [5.74, 6) is 0.779. The van der Waals surface area contributed by atoms with Crippen LogP contribution in [0.15, 0.2) is 12.5 Å². The van der Waals surface area contributed by atoms with Crippen molar-refractivity contribution in [3.63, 3.8) is 0 Å². The highest BCUT2D eigenvalue weighted by atomic mass is 15.1. The van der Waals surface area contributed by atoms with E-state index < -0.39 is 0 Å². The van der Waals surface area contributed by atoms with Gasteiger partial charge in [-0.1, -0.05) is 12.8 Å². The fourth-order valence-corrected chi connectivity index (χ4v) is 2.77. The molecule has 2 saturated carbocycles. The molecule has 2 aliphatic rings. The van der Waals surface area contributed by atoms with Crippen molar-refractivity contribution < 1.29 is 0 Å². The number of hydrogen-bond donors (Lipinski definition) is 1. The molecule has 82 valence electrons. The minimum Gasteiger partial charge on any atom is -0.330 e. The zero-order chi connectivity index (χ0) is 10.3. The summed E-state index contributed by atoms with van der Waals surface area (Å²) in [4.78, 5) is 4.30. The van der Waals surface area contributed by atoms with E-state index in [9.17, 15) is 0 Å². The van der Waals surface area contributed by atoms with E-state index in [1.165, 1.54) is 44.2 Å². The van der Waals surface area contributed by atoms with Crippen molar-refractivity contribution in [2.45, 2.75) is 56.5 Å². The molecule has 3 nitrogen and oxygen atoms in total. The lowest BCUT2D eigenvalue weighted by atomic mass is 9.90. The molecule has 1 aromatic heterocycles. The first kappa shape index (κ1) is 9.40. The first-order valence-corrected chi connectivity index (χ1v) is 6.13. The predicted octanol–water partition coefficient (Wildman–Crippen LogP) is 2.20. The van der Waals surface area contributed by atoms with Crippen molar-refractivity contribution in [3.8, 4) is 0 Å². The van der Waals surface area contributed by atoms with Crippen LogP contribution < -0.4 is 5.73 Å². The van der Waals surface area contributed by atoms with Gasteiger partial charge in [-0.3, -0.25) is 0 Å². The van der Waals surface area contributed by atoms with Gasteiger partial charge in [0, 0.05) is 29.9 Å². The van der Waals surface area contributed by atoms with Crippen LogP contribution in [-0.2, 0) is 0 Å². The van der Waals surface area contributed by atoms with Gasteiger partial charge in [0.1, 0.15) is 0 Å². The number of nitrogens with zero attached hydrogens (tertiary/aromatic N) is 2. The molecule has 2 unspecified atom stereocenters. The van der Waals surface area contributed by atoms with Gasteiger partial charge in [-0.05, 0) is 25.7 Å². The Morgan fingerprint density at radius 2 is 2.00 bits per heavy atom. The standard InChI is InChI=1S/C12H19N3/c13-10-3-1-2-4-11(10)15-8-14-7-12(15)9-5-6-9/h7-11H,1-6,13H2. The Labute approximate surface area is 90.7 Å². The Balaban J connectivity index is 1.86. The van der Waals surface area contributed by atoms with Gasteiger partial charge < -0.3 is 10.3 Å². The van der Waals surface area contributed by atoms with Gasteiger partial charge in [-0.2, -0.15) is 0 Å². The second-order valence-electron chi connectivity index (χ2n) is 5.02. The quantitative estimate of drug-likeness (QED) is 0.804. The molecule has 15 heavy (non-hydrogen) atoms. The van der Waals surface area contributed by atoms with Crippen LogP contribution in [0.1, 0.15) is 56.2 Å². The fraction of sp³-hybridized carbons (Fsp3) is 0.750. The van der Waals surface area contributed by atoms with Gasteiger partial charge in [0.2, 0.25) is 0 Å². The Hall–Kier alpha value is -0.830. The summed E-state index contributed by atoms with van der Waals surface area (Å²) in [7, 11) is 0. The summed E-state index contributed by atoms with van der Waals surface area (Å²) in [6.45, 7) is 0. The van der Waals surface area contributed by atoms with E-state index in [1.54, 1.807) is 0 Å². The van der Waals surface area contributed by atoms with E-state index in [-0.39, 0.29) is 0 Å². The van der Waals surface area contributed by atoms with Crippen molar-refractivity contribution in [1.29, 1.82) is 0 Å². The highest BCUT2D eigenvalue weighted by Crippen LogP contribution is 2.42. The number of imidazole rings is 1. The first-order valence-electron chi connectivity index (χ1n) is 6.13. The zero-order valence-corrected chi connectivity index (χ0v) is 9.10. The average molecular weight is 205 g/mol. The molecule has 3 heteroatoms. The van der Waals surface area contributed by atoms with E-state index in [0.717, 1.165) is 5.92 Å². The Kier molecular flexibility index (Phi) is 2.28. The number of rotatable bonds is 2. The summed E-state index contributed by atoms with van der Waals surface area (Å²) >= 11 is 0. The Morgan fingerprint density at radius 3 is 2.73 bits per heavy atom. The van der Waals surface area contributed by atoms with Crippen LogP contribution in [0.4, 0.5) is 0 Å². The maximum Gasteiger partial charge on any atom is 0.0951 e. The molecule has 2 atom stereocenters. The minimum atomic E-state index is 0.338. The molecule has 0 aromatic carbocycles. The molecule has 2 N–H and O–H groups in total. The van der Waals surface area contributed by atoms with Crippen molar-refractivity contribution in [2.75, 3.05) is 0 Å². The van der Waals surface area contributed by atoms with Crippen molar-refractivity contribution in [1.82, 2.24) is 9.55 Å². The highest BCUT2D eigenvalue weighted by Gasteiger charge is 2.31. The topological polar surface area (TPSA) is 43.8 Å². The van der Waals surface area contributed by atoms with Crippen molar-refractivity contribution in [3.05, 3.63) is 18.2 Å². The first-order chi connectivity index (χ1) is 7.36. The maximum atomic E-state index is 6.21. The second-order valence-corrected chi connectivity index (χ2v) is 5.02. The molecule has 1 aromatic rings. The van der Waals surface area contributed by atoms with E-state index in [1.807, 2.05) is 12.5 Å². The maximum absolute atomic E-state index is 6.21. The van der Waals surface area contributed by atoms with Gasteiger partial charge in [0.15, 0.2) is 0 Å². The lowest BCUT2D eigenvalue weighted by molar-refractivity contribution is 0.301. The summed E-state index contributed by atoms with van der Waals surface area (Å²) in [5.41, 5.74) is 7.64. The lowest BCUT2D eigenvalue weighted by Gasteiger charge is -2.30. The Bertz CT molecular complexity index is 340. The molecule has 1 heterocycles. The largest absolute Gasteiger partial charge is 0.330 e. The molecular weight excluding hydrogens is 186 g/mol. The van der Waals surface area contributed by atoms with Crippen LogP contribution >= 0.6 is 0 Å². The van der Waals surface area contributed by atoms with Gasteiger partial charge in [-0.15, -0.1) is 0 Å². The van der Waals surface area contributed by atoms with Crippen LogP contribution in [-0.4, -0.2) is 15.6 Å². The zero-order valence-electron chi connectivity index (χ0n) is 9.10. The minimum absolute atomic E-state index is 0.338. The van der Waals surface area contributed by atoms with Crippen LogP contribution in [0.25, 0.3) is 0 Å². The molecule has 0 amide bonds. The van der Waals surface area contributed by atoms with Gasteiger partial charge in [0.25, 0.3) is 0 Å². The highest BCUT2D eigenvalue weighted by molar-refractivity contribution is 5.14. The van der Waals surface area contributed by atoms with Crippen LogP contribution in [0.5, 0.6) is 0 Å². The van der Waals surface area contributed by atoms with E-state index >= 15 is 0 Å².